The van der Waals surface area contributed by atoms with E-state index in [4.69, 9.17) is 11.6 Å². The fraction of sp³-hybridized carbons (Fsp3) is 0.947. The standard InChI is InChI=1S/C19H33ClO/c1-2-3-4-5-15-6-10-17(11-7-15)18-12-8-16(9-13-18)14-19(20)21/h15-18H,2-14H2,1H3/t15-,16-,17-,18-. The molecule has 2 heteroatoms. The number of unbranched alkanes of at least 4 members (excludes halogenated alkanes) is 2. The van der Waals surface area contributed by atoms with Crippen molar-refractivity contribution in [1.29, 1.82) is 0 Å². The number of hydrogen-bond acceptors (Lipinski definition) is 1. The lowest BCUT2D eigenvalue weighted by atomic mass is 9.68. The summed E-state index contributed by atoms with van der Waals surface area (Å²) in [5, 5.41) is -0.133. The monoisotopic (exact) mass is 312 g/mol. The lowest BCUT2D eigenvalue weighted by Crippen LogP contribution is -2.26. The number of hydrogen-bond donors (Lipinski definition) is 0. The molecule has 2 aliphatic rings. The van der Waals surface area contributed by atoms with Crippen LogP contribution in [0.3, 0.4) is 0 Å². The van der Waals surface area contributed by atoms with Crippen molar-refractivity contribution in [2.75, 3.05) is 0 Å². The minimum atomic E-state index is -0.133. The molecule has 2 rings (SSSR count). The Morgan fingerprint density at radius 3 is 1.86 bits per heavy atom. The van der Waals surface area contributed by atoms with Gasteiger partial charge in [-0.3, -0.25) is 4.79 Å². The average molecular weight is 313 g/mol. The molecule has 0 aromatic carbocycles. The van der Waals surface area contributed by atoms with Gasteiger partial charge < -0.3 is 0 Å². The lowest BCUT2D eigenvalue weighted by molar-refractivity contribution is -0.112. The van der Waals surface area contributed by atoms with Crippen LogP contribution in [0.1, 0.15) is 90.4 Å². The Hall–Kier alpha value is -0.0400. The second kappa shape index (κ2) is 9.18. The third-order valence-electron chi connectivity index (χ3n) is 6.11. The van der Waals surface area contributed by atoms with Crippen molar-refractivity contribution in [1.82, 2.24) is 0 Å². The smallest absolute Gasteiger partial charge is 0.221 e. The van der Waals surface area contributed by atoms with Crippen LogP contribution in [0.15, 0.2) is 0 Å². The largest absolute Gasteiger partial charge is 0.281 e. The zero-order chi connectivity index (χ0) is 15.1. The first kappa shape index (κ1) is 17.3. The molecule has 0 atom stereocenters. The SMILES string of the molecule is CCCCC[C@H]1CC[C@H]([C@H]2CC[C@H](CC(=O)Cl)CC2)CC1. The summed E-state index contributed by atoms with van der Waals surface area (Å²) >= 11 is 5.53. The van der Waals surface area contributed by atoms with Gasteiger partial charge in [-0.15, -0.1) is 0 Å². The van der Waals surface area contributed by atoms with Crippen LogP contribution in [0.2, 0.25) is 0 Å². The maximum absolute atomic E-state index is 11.0. The average Bonchev–Trinajstić information content (AvgIpc) is 2.49. The van der Waals surface area contributed by atoms with Crippen molar-refractivity contribution < 1.29 is 4.79 Å². The third kappa shape index (κ3) is 5.93. The molecule has 21 heavy (non-hydrogen) atoms. The highest BCUT2D eigenvalue weighted by atomic mass is 35.5. The fourth-order valence-corrected chi connectivity index (χ4v) is 4.94. The molecule has 0 bridgehead atoms. The van der Waals surface area contributed by atoms with Crippen LogP contribution in [0, 0.1) is 23.7 Å². The molecule has 0 N–H and O–H groups in total. The van der Waals surface area contributed by atoms with Gasteiger partial charge in [0.15, 0.2) is 0 Å². The lowest BCUT2D eigenvalue weighted by Gasteiger charge is -2.37. The van der Waals surface area contributed by atoms with Gasteiger partial charge >= 0.3 is 0 Å². The molecular formula is C19H33ClO. The number of halogens is 1. The molecule has 0 spiro atoms. The third-order valence-corrected chi connectivity index (χ3v) is 6.27. The summed E-state index contributed by atoms with van der Waals surface area (Å²) < 4.78 is 0. The highest BCUT2D eigenvalue weighted by molar-refractivity contribution is 6.63. The van der Waals surface area contributed by atoms with E-state index >= 15 is 0 Å². The van der Waals surface area contributed by atoms with E-state index in [1.54, 1.807) is 0 Å². The van der Waals surface area contributed by atoms with Crippen LogP contribution in [0.4, 0.5) is 0 Å². The van der Waals surface area contributed by atoms with E-state index in [9.17, 15) is 4.79 Å². The molecule has 2 fully saturated rings. The molecule has 0 aliphatic heterocycles. The van der Waals surface area contributed by atoms with E-state index < -0.39 is 0 Å². The maximum atomic E-state index is 11.0. The highest BCUT2D eigenvalue weighted by Crippen LogP contribution is 2.42. The van der Waals surface area contributed by atoms with Gasteiger partial charge in [0.1, 0.15) is 0 Å². The van der Waals surface area contributed by atoms with E-state index in [1.165, 1.54) is 77.0 Å². The van der Waals surface area contributed by atoms with E-state index in [2.05, 4.69) is 6.92 Å². The van der Waals surface area contributed by atoms with E-state index in [-0.39, 0.29) is 5.24 Å². The molecule has 122 valence electrons. The summed E-state index contributed by atoms with van der Waals surface area (Å²) in [6, 6.07) is 0. The van der Waals surface area contributed by atoms with Gasteiger partial charge in [0.05, 0.1) is 0 Å². The summed E-state index contributed by atoms with van der Waals surface area (Å²) in [5.41, 5.74) is 0. The zero-order valence-electron chi connectivity index (χ0n) is 13.8. The Morgan fingerprint density at radius 2 is 1.38 bits per heavy atom. The minimum Gasteiger partial charge on any atom is -0.281 e. The van der Waals surface area contributed by atoms with E-state index in [1.807, 2.05) is 0 Å². The van der Waals surface area contributed by atoms with Crippen molar-refractivity contribution in [3.05, 3.63) is 0 Å². The first-order chi connectivity index (χ1) is 10.2. The summed E-state index contributed by atoms with van der Waals surface area (Å²) in [5.74, 6) is 3.54. The first-order valence-electron chi connectivity index (χ1n) is 9.37. The molecule has 1 nitrogen and oxygen atoms in total. The van der Waals surface area contributed by atoms with Crippen LogP contribution in [-0.2, 0) is 4.79 Å². The van der Waals surface area contributed by atoms with Gasteiger partial charge in [0.25, 0.3) is 0 Å². The minimum absolute atomic E-state index is 0.133. The quantitative estimate of drug-likeness (QED) is 0.396. The predicted molar refractivity (Wildman–Crippen MR) is 90.5 cm³/mol. The molecule has 2 saturated carbocycles. The Bertz CT molecular complexity index is 299. The Kier molecular flexibility index (Phi) is 7.57. The van der Waals surface area contributed by atoms with Gasteiger partial charge in [0, 0.05) is 6.42 Å². The molecule has 2 aliphatic carbocycles. The summed E-state index contributed by atoms with van der Waals surface area (Å²) in [6.07, 6.45) is 17.4. The van der Waals surface area contributed by atoms with Crippen LogP contribution in [0.25, 0.3) is 0 Å². The van der Waals surface area contributed by atoms with Gasteiger partial charge in [-0.1, -0.05) is 45.4 Å². The zero-order valence-corrected chi connectivity index (χ0v) is 14.5. The first-order valence-corrected chi connectivity index (χ1v) is 9.75. The van der Waals surface area contributed by atoms with Gasteiger partial charge in [-0.2, -0.15) is 0 Å². The van der Waals surface area contributed by atoms with Crippen LogP contribution in [0.5, 0.6) is 0 Å². The Labute approximate surface area is 136 Å². The highest BCUT2D eigenvalue weighted by Gasteiger charge is 2.31. The number of rotatable bonds is 7. The molecule has 0 aromatic heterocycles. The topological polar surface area (TPSA) is 17.1 Å². The fourth-order valence-electron chi connectivity index (χ4n) is 4.72. The maximum Gasteiger partial charge on any atom is 0.221 e. The molecule has 0 aromatic rings. The predicted octanol–water partition coefficient (Wildman–Crippen LogP) is 6.34. The normalized spacial score (nSPS) is 33.8. The van der Waals surface area contributed by atoms with Crippen LogP contribution >= 0.6 is 11.6 Å². The van der Waals surface area contributed by atoms with Crippen molar-refractivity contribution in [2.24, 2.45) is 23.7 Å². The summed E-state index contributed by atoms with van der Waals surface area (Å²) in [7, 11) is 0. The number of carbonyl (C=O) groups is 1. The second-order valence-corrected chi connectivity index (χ2v) is 8.04. The van der Waals surface area contributed by atoms with E-state index in [0.29, 0.717) is 12.3 Å². The molecule has 0 amide bonds. The van der Waals surface area contributed by atoms with Gasteiger partial charge in [0.2, 0.25) is 5.24 Å². The summed E-state index contributed by atoms with van der Waals surface area (Å²) in [6.45, 7) is 2.30. The van der Waals surface area contributed by atoms with Crippen molar-refractivity contribution in [3.8, 4) is 0 Å². The Morgan fingerprint density at radius 1 is 0.857 bits per heavy atom. The van der Waals surface area contributed by atoms with E-state index in [0.717, 1.165) is 17.8 Å². The number of carbonyl (C=O) groups excluding carboxylic acids is 1. The summed E-state index contributed by atoms with van der Waals surface area (Å²) in [4.78, 5) is 11.0. The molecule has 0 saturated heterocycles. The van der Waals surface area contributed by atoms with Crippen molar-refractivity contribution >= 4 is 16.8 Å². The Balaban J connectivity index is 1.63. The van der Waals surface area contributed by atoms with Gasteiger partial charge in [-0.05, 0) is 73.8 Å². The van der Waals surface area contributed by atoms with Crippen LogP contribution in [-0.4, -0.2) is 5.24 Å². The van der Waals surface area contributed by atoms with Gasteiger partial charge in [-0.25, -0.2) is 0 Å². The molecular weight excluding hydrogens is 280 g/mol. The molecule has 0 heterocycles. The molecule has 0 unspecified atom stereocenters. The molecule has 0 radical (unpaired) electrons. The van der Waals surface area contributed by atoms with Crippen molar-refractivity contribution in [2.45, 2.75) is 90.4 Å². The van der Waals surface area contributed by atoms with Crippen molar-refractivity contribution in [3.63, 3.8) is 0 Å². The van der Waals surface area contributed by atoms with Crippen LogP contribution < -0.4 is 0 Å². The second-order valence-electron chi connectivity index (χ2n) is 7.62.